The van der Waals surface area contributed by atoms with Crippen LogP contribution in [0.3, 0.4) is 0 Å². The first-order chi connectivity index (χ1) is 4.74. The Bertz CT molecular complexity index is 233. The molecule has 0 fully saturated rings. The van der Waals surface area contributed by atoms with Crippen LogP contribution in [0.2, 0.25) is 0 Å². The molecule has 0 atom stereocenters. The summed E-state index contributed by atoms with van der Waals surface area (Å²) in [6, 6.07) is 6.04. The molecule has 0 unspecified atom stereocenters. The van der Waals surface area contributed by atoms with Gasteiger partial charge in [-0.25, -0.2) is 0 Å². The number of benzene rings is 1. The highest BCUT2D eigenvalue weighted by Crippen LogP contribution is 2.07. The number of hydrogen-bond acceptors (Lipinski definition) is 0. The van der Waals surface area contributed by atoms with Crippen LogP contribution in [0.15, 0.2) is 22.7 Å². The number of aryl methyl sites for hydroxylation is 1. The van der Waals surface area contributed by atoms with Gasteiger partial charge < -0.3 is 0 Å². The normalized spacial score (nSPS) is 9.80. The first-order valence-electron chi connectivity index (χ1n) is 3.28. The molecule has 0 N–H and O–H groups in total. The Morgan fingerprint density at radius 3 is 2.70 bits per heavy atom. The maximum atomic E-state index is 5.65. The molecule has 2 radical (unpaired) electrons. The maximum Gasteiger partial charge on any atom is 0.115 e. The van der Waals surface area contributed by atoms with Crippen molar-refractivity contribution >= 4 is 29.2 Å². The molecule has 1 aromatic carbocycles. The minimum Gasteiger partial charge on any atom is -0.0825 e. The Hall–Kier alpha value is -0.235. The number of halogens is 1. The van der Waals surface area contributed by atoms with Crippen molar-refractivity contribution in [3.05, 3.63) is 28.2 Å². The molecule has 0 amide bonds. The lowest BCUT2D eigenvalue weighted by Crippen LogP contribution is -2.04. The second kappa shape index (κ2) is 3.24. The smallest absolute Gasteiger partial charge is 0.0825 e. The monoisotopic (exact) mass is 194 g/mol. The molecule has 0 aromatic heterocycles. The Morgan fingerprint density at radius 1 is 1.50 bits per heavy atom. The van der Waals surface area contributed by atoms with E-state index in [1.54, 1.807) is 0 Å². The fourth-order valence-electron chi connectivity index (χ4n) is 0.813. The fraction of sp³-hybridized carbons (Fsp3) is 0.250. The van der Waals surface area contributed by atoms with Crippen LogP contribution < -0.4 is 5.46 Å². The van der Waals surface area contributed by atoms with E-state index in [4.69, 9.17) is 7.85 Å². The molecule has 1 aromatic rings. The molecule has 0 nitrogen and oxygen atoms in total. The van der Waals surface area contributed by atoms with Crippen molar-refractivity contribution in [2.24, 2.45) is 0 Å². The summed E-state index contributed by atoms with van der Waals surface area (Å²) in [7, 11) is 5.65. The van der Waals surface area contributed by atoms with E-state index >= 15 is 0 Å². The Labute approximate surface area is 71.2 Å². The molecule has 0 aliphatic heterocycles. The number of rotatable bonds is 1. The van der Waals surface area contributed by atoms with Crippen LogP contribution in [0.5, 0.6) is 0 Å². The van der Waals surface area contributed by atoms with Crippen LogP contribution in [0.4, 0.5) is 0 Å². The molecular weight excluding hydrogens is 187 g/mol. The van der Waals surface area contributed by atoms with E-state index < -0.39 is 0 Å². The lowest BCUT2D eigenvalue weighted by atomic mass is 9.94. The van der Waals surface area contributed by atoms with Gasteiger partial charge in [-0.05, 0) is 18.1 Å². The fourth-order valence-corrected chi connectivity index (χ4v) is 1.06. The second-order valence-corrected chi connectivity index (χ2v) is 3.06. The highest BCUT2D eigenvalue weighted by Gasteiger charge is 1.93. The summed E-state index contributed by atoms with van der Waals surface area (Å²) in [6.45, 7) is 2.11. The van der Waals surface area contributed by atoms with E-state index in [-0.39, 0.29) is 0 Å². The Morgan fingerprint density at radius 2 is 2.20 bits per heavy atom. The van der Waals surface area contributed by atoms with Crippen molar-refractivity contribution in [3.8, 4) is 0 Å². The number of hydrogen-bond donors (Lipinski definition) is 0. The van der Waals surface area contributed by atoms with Crippen molar-refractivity contribution in [3.63, 3.8) is 0 Å². The third-order valence-corrected chi connectivity index (χ3v) is 2.19. The maximum absolute atomic E-state index is 5.65. The molecule has 1 rings (SSSR count). The van der Waals surface area contributed by atoms with Gasteiger partial charge >= 0.3 is 0 Å². The third kappa shape index (κ3) is 1.63. The van der Waals surface area contributed by atoms with Gasteiger partial charge in [0.2, 0.25) is 0 Å². The van der Waals surface area contributed by atoms with Crippen LogP contribution in [0.25, 0.3) is 0 Å². The summed E-state index contributed by atoms with van der Waals surface area (Å²) in [4.78, 5) is 0. The molecule has 0 aliphatic rings. The van der Waals surface area contributed by atoms with Gasteiger partial charge in [0.05, 0.1) is 0 Å². The summed E-state index contributed by atoms with van der Waals surface area (Å²) in [6.07, 6.45) is 1.04. The van der Waals surface area contributed by atoms with Gasteiger partial charge in [-0.3, -0.25) is 0 Å². The zero-order valence-corrected chi connectivity index (χ0v) is 7.48. The lowest BCUT2D eigenvalue weighted by molar-refractivity contribution is 1.14. The van der Waals surface area contributed by atoms with E-state index in [0.29, 0.717) is 0 Å². The van der Waals surface area contributed by atoms with Crippen molar-refractivity contribution in [2.75, 3.05) is 0 Å². The van der Waals surface area contributed by atoms with E-state index in [1.807, 2.05) is 12.1 Å². The molecule has 10 heavy (non-hydrogen) atoms. The molecule has 0 bridgehead atoms. The van der Waals surface area contributed by atoms with Crippen molar-refractivity contribution in [1.82, 2.24) is 0 Å². The Kier molecular flexibility index (Phi) is 2.55. The van der Waals surface area contributed by atoms with Crippen molar-refractivity contribution < 1.29 is 0 Å². The van der Waals surface area contributed by atoms with Gasteiger partial charge in [0, 0.05) is 4.47 Å². The predicted octanol–water partition coefficient (Wildman–Crippen LogP) is 1.81. The van der Waals surface area contributed by atoms with Crippen LogP contribution in [-0.2, 0) is 6.42 Å². The second-order valence-electron chi connectivity index (χ2n) is 2.21. The largest absolute Gasteiger partial charge is 0.115 e. The lowest BCUT2D eigenvalue weighted by Gasteiger charge is -2.00. The molecule has 50 valence electrons. The SMILES string of the molecule is [B]c1cc(CC)ccc1Br. The minimum atomic E-state index is 0.819. The summed E-state index contributed by atoms with van der Waals surface area (Å²) < 4.78 is 0.977. The van der Waals surface area contributed by atoms with Crippen LogP contribution in [0.1, 0.15) is 12.5 Å². The average molecular weight is 195 g/mol. The van der Waals surface area contributed by atoms with Crippen LogP contribution in [-0.4, -0.2) is 7.85 Å². The summed E-state index contributed by atoms with van der Waals surface area (Å²) in [5.41, 5.74) is 2.10. The van der Waals surface area contributed by atoms with Crippen molar-refractivity contribution in [1.29, 1.82) is 0 Å². The predicted molar refractivity (Wildman–Crippen MR) is 48.9 cm³/mol. The van der Waals surface area contributed by atoms with Gasteiger partial charge in [0.15, 0.2) is 0 Å². The van der Waals surface area contributed by atoms with Gasteiger partial charge in [-0.15, -0.1) is 0 Å². The zero-order valence-electron chi connectivity index (χ0n) is 5.89. The molecule has 0 saturated carbocycles. The minimum absolute atomic E-state index is 0.819. The van der Waals surface area contributed by atoms with E-state index in [9.17, 15) is 0 Å². The summed E-state index contributed by atoms with van der Waals surface area (Å²) >= 11 is 3.33. The topological polar surface area (TPSA) is 0 Å². The molecule has 0 saturated heterocycles. The summed E-state index contributed by atoms with van der Waals surface area (Å²) in [5, 5.41) is 0. The van der Waals surface area contributed by atoms with Gasteiger partial charge in [0.1, 0.15) is 7.85 Å². The zero-order chi connectivity index (χ0) is 7.56. The molecule has 0 spiro atoms. The van der Waals surface area contributed by atoms with E-state index in [2.05, 4.69) is 28.9 Å². The molecule has 0 heterocycles. The van der Waals surface area contributed by atoms with Gasteiger partial charge in [-0.2, -0.15) is 0 Å². The average Bonchev–Trinajstić information content (AvgIpc) is 1.95. The highest BCUT2D eigenvalue weighted by atomic mass is 79.9. The first-order valence-corrected chi connectivity index (χ1v) is 4.07. The standard InChI is InChI=1S/C8H8BBr/c1-2-6-3-4-8(10)7(9)5-6/h3-5H,2H2,1H3. The Balaban J connectivity index is 3.04. The van der Waals surface area contributed by atoms with E-state index in [1.165, 1.54) is 5.56 Å². The van der Waals surface area contributed by atoms with Crippen molar-refractivity contribution in [2.45, 2.75) is 13.3 Å². The molecular formula is C8H8BBr. The highest BCUT2D eigenvalue weighted by molar-refractivity contribution is 9.10. The van der Waals surface area contributed by atoms with E-state index in [0.717, 1.165) is 16.4 Å². The van der Waals surface area contributed by atoms with Gasteiger partial charge in [-0.1, -0.05) is 40.4 Å². The van der Waals surface area contributed by atoms with Crippen LogP contribution >= 0.6 is 15.9 Å². The quantitative estimate of drug-likeness (QED) is 0.599. The first kappa shape index (κ1) is 7.87. The summed E-state index contributed by atoms with van der Waals surface area (Å²) in [5.74, 6) is 0. The van der Waals surface area contributed by atoms with Crippen LogP contribution in [0, 0.1) is 0 Å². The molecule has 2 heteroatoms. The third-order valence-electron chi connectivity index (χ3n) is 1.47. The van der Waals surface area contributed by atoms with Gasteiger partial charge in [0.25, 0.3) is 0 Å². The molecule has 0 aliphatic carbocycles.